The van der Waals surface area contributed by atoms with Crippen molar-refractivity contribution < 1.29 is 37.3 Å². The Morgan fingerprint density at radius 3 is 2.81 bits per heavy atom. The molecule has 4 fully saturated rings. The molecule has 4 aliphatic rings. The Morgan fingerprint density at radius 1 is 1.15 bits per heavy atom. The van der Waals surface area contributed by atoms with Gasteiger partial charge in [-0.25, -0.2) is 18.0 Å². The zero-order chi connectivity index (χ0) is 32.5. The van der Waals surface area contributed by atoms with Crippen LogP contribution in [0.4, 0.5) is 23.8 Å². The third-order valence-electron chi connectivity index (χ3n) is 10.2. The quantitative estimate of drug-likeness (QED) is 0.256. The molecule has 246 valence electrons. The molecule has 6 heterocycles. The number of aromatic nitrogens is 3. The summed E-state index contributed by atoms with van der Waals surface area (Å²) >= 11 is 0. The Bertz CT molecular complexity index is 1930. The first-order valence-electron chi connectivity index (χ1n) is 16.1. The van der Waals surface area contributed by atoms with Crippen LogP contribution < -0.4 is 9.64 Å². The molecule has 2 aromatic heterocycles. The van der Waals surface area contributed by atoms with Gasteiger partial charge < -0.3 is 24.2 Å². The first-order valence-corrected chi connectivity index (χ1v) is 16.1. The van der Waals surface area contributed by atoms with Crippen molar-refractivity contribution in [1.29, 1.82) is 0 Å². The van der Waals surface area contributed by atoms with Gasteiger partial charge in [-0.1, -0.05) is 13.0 Å². The molecule has 1 N–H and O–H groups in total. The first kappa shape index (κ1) is 30.0. The molecule has 1 spiro atoms. The van der Waals surface area contributed by atoms with Gasteiger partial charge in [0.2, 0.25) is 0 Å². The van der Waals surface area contributed by atoms with Gasteiger partial charge in [0.15, 0.2) is 11.4 Å². The number of aromatic hydroxyl groups is 1. The van der Waals surface area contributed by atoms with Crippen molar-refractivity contribution in [2.24, 2.45) is 0 Å². The molecule has 3 atom stereocenters. The molecule has 10 nitrogen and oxygen atoms in total. The van der Waals surface area contributed by atoms with Crippen LogP contribution in [0.3, 0.4) is 0 Å². The Hall–Kier alpha value is -4.39. The molecule has 47 heavy (non-hydrogen) atoms. The normalized spacial score (nSPS) is 25.9. The third-order valence-corrected chi connectivity index (χ3v) is 10.2. The fraction of sp³-hybridized carbons (Fsp3) is 0.471. The molecule has 0 saturated carbocycles. The molecule has 0 aliphatic carbocycles. The molecule has 0 bridgehead atoms. The van der Waals surface area contributed by atoms with E-state index in [-0.39, 0.29) is 48.3 Å². The average Bonchev–Trinajstić information content (AvgIpc) is 3.71. The largest absolute Gasteiger partial charge is 0.509 e. The molecule has 2 aromatic carbocycles. The number of aryl methyl sites for hydroxylation is 1. The van der Waals surface area contributed by atoms with Crippen LogP contribution in [0, 0.1) is 11.6 Å². The summed E-state index contributed by atoms with van der Waals surface area (Å²) in [6.07, 6.45) is 3.43. The number of alkyl halides is 1. The Kier molecular flexibility index (Phi) is 7.08. The summed E-state index contributed by atoms with van der Waals surface area (Å²) in [5, 5.41) is 11.9. The minimum Gasteiger partial charge on any atom is -0.508 e. The second-order valence-electron chi connectivity index (χ2n) is 13.2. The highest BCUT2D eigenvalue weighted by molar-refractivity contribution is 6.01. The Morgan fingerprint density at radius 2 is 2.00 bits per heavy atom. The maximum absolute atomic E-state index is 16.9. The zero-order valence-corrected chi connectivity index (χ0v) is 25.9. The van der Waals surface area contributed by atoms with Crippen LogP contribution in [0.2, 0.25) is 0 Å². The number of phenolic OH excluding ortho intramolecular Hbond substituents is 1. The van der Waals surface area contributed by atoms with Crippen LogP contribution in [-0.4, -0.2) is 87.8 Å². The smallest absolute Gasteiger partial charge is 0.508 e. The predicted molar refractivity (Wildman–Crippen MR) is 166 cm³/mol. The van der Waals surface area contributed by atoms with E-state index in [9.17, 15) is 18.7 Å². The number of halogens is 3. The van der Waals surface area contributed by atoms with E-state index in [1.165, 1.54) is 24.4 Å². The minimum atomic E-state index is -0.950. The highest BCUT2D eigenvalue weighted by atomic mass is 19.1. The predicted octanol–water partition coefficient (Wildman–Crippen LogP) is 5.85. The fourth-order valence-corrected chi connectivity index (χ4v) is 8.10. The maximum Gasteiger partial charge on any atom is 0.509 e. The molecule has 0 amide bonds. The summed E-state index contributed by atoms with van der Waals surface area (Å²) in [4.78, 5) is 29.7. The van der Waals surface area contributed by atoms with Crippen LogP contribution in [0.5, 0.6) is 11.8 Å². The van der Waals surface area contributed by atoms with E-state index >= 15 is 4.39 Å². The van der Waals surface area contributed by atoms with Crippen LogP contribution in [0.15, 0.2) is 30.5 Å². The third kappa shape index (κ3) is 4.97. The van der Waals surface area contributed by atoms with Gasteiger partial charge in [-0.15, -0.1) is 0 Å². The number of fused-ring (bicyclic) bond motifs is 3. The number of carbonyl (C=O) groups excluding carboxylic acids is 1. The summed E-state index contributed by atoms with van der Waals surface area (Å²) in [5.41, 5.74) is -0.933. The Balaban J connectivity index is 1.27. The molecular formula is C34H34F3N5O5. The van der Waals surface area contributed by atoms with E-state index < -0.39 is 35.1 Å². The fourth-order valence-electron chi connectivity index (χ4n) is 8.10. The number of rotatable bonds is 6. The molecule has 8 rings (SSSR count). The van der Waals surface area contributed by atoms with Gasteiger partial charge in [0, 0.05) is 31.3 Å². The number of pyridine rings is 1. The lowest BCUT2D eigenvalue weighted by Gasteiger charge is -2.38. The van der Waals surface area contributed by atoms with Crippen LogP contribution in [-0.2, 0) is 15.9 Å². The highest BCUT2D eigenvalue weighted by Crippen LogP contribution is 2.42. The van der Waals surface area contributed by atoms with Gasteiger partial charge in [-0.05, 0) is 73.2 Å². The number of nitrogens with zero attached hydrogens (tertiary/aromatic N) is 5. The van der Waals surface area contributed by atoms with Crippen molar-refractivity contribution in [1.82, 2.24) is 19.9 Å². The number of piperidine rings is 1. The Labute approximate surface area is 268 Å². The highest BCUT2D eigenvalue weighted by Gasteiger charge is 2.50. The first-order chi connectivity index (χ1) is 22.7. The number of anilines is 1. The molecule has 4 aliphatic heterocycles. The van der Waals surface area contributed by atoms with Gasteiger partial charge >= 0.3 is 12.2 Å². The number of benzene rings is 2. The van der Waals surface area contributed by atoms with Gasteiger partial charge in [-0.2, -0.15) is 9.97 Å². The monoisotopic (exact) mass is 649 g/mol. The molecule has 4 saturated heterocycles. The SMILES string of the molecule is CCc1c(F)ccc2cc(O)cc(-c3ncc4c(N5CCCC6(COC(=O)O6)C5)nc(OC[C@@]56CCCN5C[C@H](F)C6)nc4c3F)c12. The zero-order valence-electron chi connectivity index (χ0n) is 25.9. The van der Waals surface area contributed by atoms with E-state index in [0.717, 1.165) is 19.4 Å². The maximum atomic E-state index is 16.9. The van der Waals surface area contributed by atoms with Crippen molar-refractivity contribution in [3.8, 4) is 23.0 Å². The topological polar surface area (TPSA) is 110 Å². The van der Waals surface area contributed by atoms with Gasteiger partial charge in [0.25, 0.3) is 0 Å². The second kappa shape index (κ2) is 11.1. The van der Waals surface area contributed by atoms with Crippen molar-refractivity contribution in [2.45, 2.75) is 62.8 Å². The summed E-state index contributed by atoms with van der Waals surface area (Å²) in [6.45, 7) is 3.97. The molecule has 13 heteroatoms. The van der Waals surface area contributed by atoms with Crippen molar-refractivity contribution in [3.05, 3.63) is 47.7 Å². The number of ether oxygens (including phenoxy) is 3. The number of phenols is 1. The van der Waals surface area contributed by atoms with Crippen molar-refractivity contribution in [2.75, 3.05) is 44.3 Å². The van der Waals surface area contributed by atoms with Crippen LogP contribution in [0.1, 0.15) is 44.6 Å². The number of carbonyl (C=O) groups is 1. The molecule has 0 radical (unpaired) electrons. The number of hydrogen-bond acceptors (Lipinski definition) is 10. The van der Waals surface area contributed by atoms with Crippen molar-refractivity contribution in [3.63, 3.8) is 0 Å². The minimum absolute atomic E-state index is 0.0733. The number of cyclic esters (lactones) is 1. The molecule has 4 aromatic rings. The lowest BCUT2D eigenvalue weighted by atomic mass is 9.93. The van der Waals surface area contributed by atoms with Crippen molar-refractivity contribution >= 4 is 33.6 Å². The van der Waals surface area contributed by atoms with E-state index in [1.54, 1.807) is 13.0 Å². The van der Waals surface area contributed by atoms with Crippen LogP contribution >= 0.6 is 0 Å². The summed E-state index contributed by atoms with van der Waals surface area (Å²) < 4.78 is 63.3. The van der Waals surface area contributed by atoms with E-state index in [4.69, 9.17) is 19.2 Å². The average molecular weight is 650 g/mol. The van der Waals surface area contributed by atoms with Gasteiger partial charge in [0.05, 0.1) is 17.5 Å². The van der Waals surface area contributed by atoms with Gasteiger partial charge in [-0.3, -0.25) is 9.88 Å². The molecular weight excluding hydrogens is 615 g/mol. The lowest BCUT2D eigenvalue weighted by Crippen LogP contribution is -2.50. The standard InChI is InChI=1S/C34H34F3N5O5/c1-2-22-25(36)6-5-19-11-21(43)12-23(26(19)22)28-27(37)29-24(14-38-28)30(41-9-4-8-34(16-41)18-46-32(44)47-34)40-31(39-29)45-17-33-7-3-10-42(33)15-20(35)13-33/h5-6,11-12,14,20,43H,2-4,7-10,13,15-18H2,1H3/t20-,33+,34?/m1/s1. The van der Waals surface area contributed by atoms with E-state index in [2.05, 4.69) is 14.9 Å². The van der Waals surface area contributed by atoms with E-state index in [1.807, 2.05) is 4.90 Å². The molecule has 1 unspecified atom stereocenters. The lowest BCUT2D eigenvalue weighted by molar-refractivity contribution is 0.0445. The van der Waals surface area contributed by atoms with E-state index in [0.29, 0.717) is 66.3 Å². The van der Waals surface area contributed by atoms with Gasteiger partial charge in [0.1, 0.15) is 48.0 Å². The second-order valence-corrected chi connectivity index (χ2v) is 13.2. The summed E-state index contributed by atoms with van der Waals surface area (Å²) in [6, 6.07) is 5.68. The van der Waals surface area contributed by atoms with Crippen LogP contribution in [0.25, 0.3) is 32.9 Å². The summed E-state index contributed by atoms with van der Waals surface area (Å²) in [5.74, 6) is -1.000. The number of hydrogen-bond donors (Lipinski definition) is 1. The summed E-state index contributed by atoms with van der Waals surface area (Å²) in [7, 11) is 0.